The molecule has 0 aliphatic rings. The Labute approximate surface area is 99.6 Å². The first-order valence-corrected chi connectivity index (χ1v) is 4.96. The zero-order valence-electron chi connectivity index (χ0n) is 7.44. The molecule has 0 spiro atoms. The Morgan fingerprint density at radius 3 is 2.67 bits per heavy atom. The lowest BCUT2D eigenvalue weighted by atomic mass is 10.1. The van der Waals surface area contributed by atoms with Gasteiger partial charge in [0.2, 0.25) is 0 Å². The summed E-state index contributed by atoms with van der Waals surface area (Å²) in [5.41, 5.74) is 0.229. The number of hydrogen-bond acceptors (Lipinski definition) is 3. The number of halogens is 1. The van der Waals surface area contributed by atoms with Crippen molar-refractivity contribution in [3.05, 3.63) is 32.9 Å². The molecule has 0 bridgehead atoms. The summed E-state index contributed by atoms with van der Waals surface area (Å²) < 4.78 is 0.601. The Kier molecular flexibility index (Phi) is 3.68. The van der Waals surface area contributed by atoms with Gasteiger partial charge >= 0.3 is 5.97 Å². The summed E-state index contributed by atoms with van der Waals surface area (Å²) in [4.78, 5) is 10.5. The Morgan fingerprint density at radius 2 is 2.20 bits per heavy atom. The smallest absolute Gasteiger partial charge is 0.346 e. The van der Waals surface area contributed by atoms with Crippen molar-refractivity contribution in [2.45, 2.75) is 0 Å². The van der Waals surface area contributed by atoms with Crippen LogP contribution in [-0.2, 0) is 4.79 Å². The number of nitrogens with zero attached hydrogens (tertiary/aromatic N) is 1. The molecule has 76 valence electrons. The predicted molar refractivity (Wildman–Crippen MR) is 62.0 cm³/mol. The number of carbonyl (C=O) groups is 1. The molecule has 0 radical (unpaired) electrons. The van der Waals surface area contributed by atoms with Crippen LogP contribution in [0.1, 0.15) is 5.56 Å². The topological polar surface area (TPSA) is 81.3 Å². The first-order valence-electron chi connectivity index (χ1n) is 3.88. The van der Waals surface area contributed by atoms with Crippen LogP contribution in [0.4, 0.5) is 0 Å². The summed E-state index contributed by atoms with van der Waals surface area (Å²) in [6.45, 7) is 0. The number of aromatic hydroxyl groups is 1. The molecule has 1 aromatic carbocycles. The SMILES string of the molecule is N#C/C(=C\c1ccc(O)c(I)c1)C(=O)O. The lowest BCUT2D eigenvalue weighted by Gasteiger charge is -1.98. The van der Waals surface area contributed by atoms with E-state index in [0.717, 1.165) is 0 Å². The molecule has 0 atom stereocenters. The van der Waals surface area contributed by atoms with E-state index in [1.54, 1.807) is 12.1 Å². The van der Waals surface area contributed by atoms with E-state index in [1.165, 1.54) is 18.2 Å². The average molecular weight is 315 g/mol. The molecule has 0 saturated heterocycles. The summed E-state index contributed by atoms with van der Waals surface area (Å²) in [5.74, 6) is -1.14. The van der Waals surface area contributed by atoms with Crippen LogP contribution in [0.2, 0.25) is 0 Å². The van der Waals surface area contributed by atoms with E-state index >= 15 is 0 Å². The van der Waals surface area contributed by atoms with Crippen molar-refractivity contribution in [2.75, 3.05) is 0 Å². The first-order chi connectivity index (χ1) is 7.04. The highest BCUT2D eigenvalue weighted by atomic mass is 127. The zero-order valence-corrected chi connectivity index (χ0v) is 9.59. The molecule has 0 aliphatic heterocycles. The van der Waals surface area contributed by atoms with Gasteiger partial charge in [0.1, 0.15) is 17.4 Å². The van der Waals surface area contributed by atoms with E-state index in [-0.39, 0.29) is 11.3 Å². The van der Waals surface area contributed by atoms with Gasteiger partial charge in [-0.1, -0.05) is 6.07 Å². The molecule has 0 saturated carbocycles. The average Bonchev–Trinajstić information content (AvgIpc) is 2.19. The number of nitriles is 1. The van der Waals surface area contributed by atoms with Gasteiger partial charge in [0.05, 0.1) is 3.57 Å². The number of hydrogen-bond donors (Lipinski definition) is 2. The molecular weight excluding hydrogens is 309 g/mol. The number of carboxylic acids is 1. The molecule has 15 heavy (non-hydrogen) atoms. The maximum Gasteiger partial charge on any atom is 0.346 e. The highest BCUT2D eigenvalue weighted by Gasteiger charge is 2.06. The molecule has 0 heterocycles. The van der Waals surface area contributed by atoms with Crippen LogP contribution in [0.5, 0.6) is 5.75 Å². The number of phenolic OH excluding ortho intramolecular Hbond substituents is 1. The van der Waals surface area contributed by atoms with Crippen LogP contribution in [0.25, 0.3) is 6.08 Å². The summed E-state index contributed by atoms with van der Waals surface area (Å²) >= 11 is 1.92. The normalized spacial score (nSPS) is 10.8. The van der Waals surface area contributed by atoms with Crippen LogP contribution in [0.3, 0.4) is 0 Å². The van der Waals surface area contributed by atoms with Crippen molar-refractivity contribution in [1.82, 2.24) is 0 Å². The number of carboxylic acid groups (broad SMARTS) is 1. The van der Waals surface area contributed by atoms with Crippen molar-refractivity contribution >= 4 is 34.6 Å². The van der Waals surface area contributed by atoms with Gasteiger partial charge in [0.15, 0.2) is 0 Å². The lowest BCUT2D eigenvalue weighted by molar-refractivity contribution is -0.132. The predicted octanol–water partition coefficient (Wildman–Crippen LogP) is 1.99. The van der Waals surface area contributed by atoms with Gasteiger partial charge < -0.3 is 10.2 Å². The molecular formula is C10H6INO3. The van der Waals surface area contributed by atoms with Crippen molar-refractivity contribution < 1.29 is 15.0 Å². The first kappa shape index (κ1) is 11.5. The van der Waals surface area contributed by atoms with E-state index in [4.69, 9.17) is 10.4 Å². The number of rotatable bonds is 2. The molecule has 4 nitrogen and oxygen atoms in total. The van der Waals surface area contributed by atoms with Crippen LogP contribution in [0.15, 0.2) is 23.8 Å². The largest absolute Gasteiger partial charge is 0.507 e. The van der Waals surface area contributed by atoms with Gasteiger partial charge in [-0.25, -0.2) is 4.79 Å². The van der Waals surface area contributed by atoms with Crippen molar-refractivity contribution in [2.24, 2.45) is 0 Å². The molecule has 5 heteroatoms. The molecule has 0 amide bonds. The molecule has 0 aromatic heterocycles. The maximum absolute atomic E-state index is 10.5. The van der Waals surface area contributed by atoms with E-state index < -0.39 is 5.97 Å². The summed E-state index contributed by atoms with van der Waals surface area (Å²) in [6.07, 6.45) is 1.25. The number of benzene rings is 1. The van der Waals surface area contributed by atoms with Crippen LogP contribution in [-0.4, -0.2) is 16.2 Å². The minimum atomic E-state index is -1.26. The molecule has 0 aliphatic carbocycles. The van der Waals surface area contributed by atoms with Gasteiger partial charge in [-0.05, 0) is 46.4 Å². The molecule has 1 aromatic rings. The van der Waals surface area contributed by atoms with Crippen LogP contribution in [0, 0.1) is 14.9 Å². The van der Waals surface area contributed by atoms with E-state index in [1.807, 2.05) is 22.6 Å². The molecule has 1 rings (SSSR count). The minimum Gasteiger partial charge on any atom is -0.507 e. The summed E-state index contributed by atoms with van der Waals surface area (Å²) in [6, 6.07) is 6.16. The fourth-order valence-electron chi connectivity index (χ4n) is 0.921. The van der Waals surface area contributed by atoms with E-state index in [2.05, 4.69) is 0 Å². The lowest BCUT2D eigenvalue weighted by Crippen LogP contribution is -1.97. The van der Waals surface area contributed by atoms with Gasteiger partial charge in [0, 0.05) is 0 Å². The Hall–Kier alpha value is -1.55. The number of aliphatic carboxylic acids is 1. The molecule has 2 N–H and O–H groups in total. The second-order valence-corrected chi connectivity index (χ2v) is 3.85. The number of phenols is 1. The third-order valence-corrected chi connectivity index (χ3v) is 2.50. The van der Waals surface area contributed by atoms with Crippen LogP contribution < -0.4 is 0 Å². The minimum absolute atomic E-state index is 0.126. The van der Waals surface area contributed by atoms with Crippen molar-refractivity contribution in [3.63, 3.8) is 0 Å². The summed E-state index contributed by atoms with van der Waals surface area (Å²) in [7, 11) is 0. The Morgan fingerprint density at radius 1 is 1.53 bits per heavy atom. The third kappa shape index (κ3) is 2.95. The fraction of sp³-hybridized carbons (Fsp3) is 0. The second-order valence-electron chi connectivity index (χ2n) is 2.69. The van der Waals surface area contributed by atoms with E-state index in [0.29, 0.717) is 9.13 Å². The monoisotopic (exact) mass is 315 g/mol. The quantitative estimate of drug-likeness (QED) is 0.497. The molecule has 0 fully saturated rings. The third-order valence-electron chi connectivity index (χ3n) is 1.63. The van der Waals surface area contributed by atoms with Crippen molar-refractivity contribution in [3.8, 4) is 11.8 Å². The molecule has 0 unspecified atom stereocenters. The van der Waals surface area contributed by atoms with Crippen LogP contribution >= 0.6 is 22.6 Å². The Bertz CT molecular complexity index is 474. The summed E-state index contributed by atoms with van der Waals surface area (Å²) in [5, 5.41) is 26.4. The van der Waals surface area contributed by atoms with Gasteiger partial charge in [-0.2, -0.15) is 5.26 Å². The maximum atomic E-state index is 10.5. The van der Waals surface area contributed by atoms with Gasteiger partial charge in [0.25, 0.3) is 0 Å². The van der Waals surface area contributed by atoms with E-state index in [9.17, 15) is 9.90 Å². The fourth-order valence-corrected chi connectivity index (χ4v) is 1.46. The standard InChI is InChI=1S/C10H6INO3/c11-8-4-6(1-2-9(8)13)3-7(5-12)10(14)15/h1-4,13H,(H,14,15)/b7-3+. The second kappa shape index (κ2) is 4.79. The van der Waals surface area contributed by atoms with Gasteiger partial charge in [-0.15, -0.1) is 0 Å². The Balaban J connectivity index is 3.14. The highest BCUT2D eigenvalue weighted by molar-refractivity contribution is 14.1. The van der Waals surface area contributed by atoms with Gasteiger partial charge in [-0.3, -0.25) is 0 Å². The van der Waals surface area contributed by atoms with Crippen molar-refractivity contribution in [1.29, 1.82) is 5.26 Å². The zero-order chi connectivity index (χ0) is 11.4. The highest BCUT2D eigenvalue weighted by Crippen LogP contribution is 2.21.